The van der Waals surface area contributed by atoms with Gasteiger partial charge in [0.2, 0.25) is 11.8 Å². The van der Waals surface area contributed by atoms with E-state index in [9.17, 15) is 22.4 Å². The van der Waals surface area contributed by atoms with Gasteiger partial charge in [-0.25, -0.2) is 4.39 Å². The summed E-state index contributed by atoms with van der Waals surface area (Å²) in [4.78, 5) is 12.0. The molecule has 13 heteroatoms. The molecule has 1 fully saturated rings. The van der Waals surface area contributed by atoms with Crippen LogP contribution < -0.4 is 10.1 Å². The van der Waals surface area contributed by atoms with Crippen LogP contribution in [0.1, 0.15) is 30.7 Å². The van der Waals surface area contributed by atoms with Crippen LogP contribution in [0.4, 0.5) is 17.6 Å². The highest BCUT2D eigenvalue weighted by molar-refractivity contribution is 6.30. The van der Waals surface area contributed by atoms with E-state index >= 15 is 0 Å². The van der Waals surface area contributed by atoms with Crippen molar-refractivity contribution in [1.82, 2.24) is 15.5 Å². The number of benzene rings is 1. The minimum atomic E-state index is -4.80. The van der Waals surface area contributed by atoms with Gasteiger partial charge in [0.05, 0.1) is 17.7 Å². The van der Waals surface area contributed by atoms with E-state index in [0.29, 0.717) is 12.8 Å². The van der Waals surface area contributed by atoms with Gasteiger partial charge in [-0.2, -0.15) is 0 Å². The van der Waals surface area contributed by atoms with Crippen molar-refractivity contribution in [3.8, 4) is 5.75 Å². The van der Waals surface area contributed by atoms with Gasteiger partial charge in [-0.3, -0.25) is 9.53 Å². The zero-order valence-electron chi connectivity index (χ0n) is 15.2. The summed E-state index contributed by atoms with van der Waals surface area (Å²) < 4.78 is 68.9. The molecule has 0 bridgehead atoms. The number of carbonyl (C=O) groups excluding carboxylic acids is 1. The standard InChI is InChI=1S/C17H16ClF4N3O5/c18-11-3-2-10(5-12(11)19)27-7-14(26)23-9-1-4-13(28-6-9)16-25-24-15(30-16)8-29-17(20,21)22/h2-3,5,9,13H,1,4,6-8H2,(H,23,26)/t9-,13+/m0/s1. The van der Waals surface area contributed by atoms with Crippen LogP contribution in [-0.4, -0.2) is 41.7 Å². The molecule has 0 aliphatic carbocycles. The molecule has 3 rings (SSSR count). The van der Waals surface area contributed by atoms with E-state index in [2.05, 4.69) is 20.3 Å². The summed E-state index contributed by atoms with van der Waals surface area (Å²) in [5.41, 5.74) is 0. The highest BCUT2D eigenvalue weighted by Gasteiger charge is 2.31. The van der Waals surface area contributed by atoms with Crippen molar-refractivity contribution in [2.24, 2.45) is 0 Å². The molecule has 2 atom stereocenters. The highest BCUT2D eigenvalue weighted by Crippen LogP contribution is 2.28. The lowest BCUT2D eigenvalue weighted by Gasteiger charge is -2.27. The van der Waals surface area contributed by atoms with E-state index in [1.54, 1.807) is 0 Å². The van der Waals surface area contributed by atoms with Crippen molar-refractivity contribution >= 4 is 17.5 Å². The van der Waals surface area contributed by atoms with Crippen LogP contribution in [0.25, 0.3) is 0 Å². The first-order valence-electron chi connectivity index (χ1n) is 8.71. The lowest BCUT2D eigenvalue weighted by molar-refractivity contribution is -0.332. The number of rotatable bonds is 7. The molecule has 2 aromatic rings. The molecule has 1 N–H and O–H groups in total. The maximum atomic E-state index is 13.3. The van der Waals surface area contributed by atoms with Crippen LogP contribution in [0.3, 0.4) is 0 Å². The van der Waals surface area contributed by atoms with Gasteiger partial charge >= 0.3 is 6.36 Å². The second-order valence-corrected chi connectivity index (χ2v) is 6.70. The van der Waals surface area contributed by atoms with Crippen molar-refractivity contribution in [1.29, 1.82) is 0 Å². The molecule has 1 aliphatic rings. The lowest BCUT2D eigenvalue weighted by atomic mass is 10.1. The predicted octanol–water partition coefficient (Wildman–Crippen LogP) is 3.31. The van der Waals surface area contributed by atoms with Gasteiger partial charge in [-0.15, -0.1) is 23.4 Å². The largest absolute Gasteiger partial charge is 0.523 e. The predicted molar refractivity (Wildman–Crippen MR) is 91.9 cm³/mol. The maximum absolute atomic E-state index is 13.3. The first-order valence-corrected chi connectivity index (χ1v) is 9.09. The number of nitrogens with zero attached hydrogens (tertiary/aromatic N) is 2. The van der Waals surface area contributed by atoms with Crippen molar-refractivity contribution in [2.45, 2.75) is 38.0 Å². The summed E-state index contributed by atoms with van der Waals surface area (Å²) in [5.74, 6) is -1.21. The molecule has 164 valence electrons. The number of hydrogen-bond acceptors (Lipinski definition) is 7. The van der Waals surface area contributed by atoms with Gasteiger partial charge in [-0.05, 0) is 25.0 Å². The number of carbonyl (C=O) groups is 1. The molecule has 0 saturated carbocycles. The highest BCUT2D eigenvalue weighted by atomic mass is 35.5. The van der Waals surface area contributed by atoms with Crippen molar-refractivity contribution in [3.05, 3.63) is 40.8 Å². The first-order chi connectivity index (χ1) is 14.2. The fraction of sp³-hybridized carbons (Fsp3) is 0.471. The Balaban J connectivity index is 1.40. The maximum Gasteiger partial charge on any atom is 0.523 e. The molecule has 0 spiro atoms. The summed E-state index contributed by atoms with van der Waals surface area (Å²) in [6.45, 7) is -1.09. The van der Waals surface area contributed by atoms with Crippen molar-refractivity contribution < 1.29 is 41.0 Å². The molecule has 1 saturated heterocycles. The van der Waals surface area contributed by atoms with Crippen LogP contribution in [0.15, 0.2) is 22.6 Å². The second-order valence-electron chi connectivity index (χ2n) is 6.30. The van der Waals surface area contributed by atoms with E-state index in [1.807, 2.05) is 0 Å². The quantitative estimate of drug-likeness (QED) is 0.642. The molecule has 1 aromatic heterocycles. The minimum Gasteiger partial charge on any atom is -0.484 e. The minimum absolute atomic E-state index is 0.0358. The van der Waals surface area contributed by atoms with Gasteiger partial charge in [0.1, 0.15) is 24.3 Å². The van der Waals surface area contributed by atoms with Crippen LogP contribution in [-0.2, 0) is 20.9 Å². The molecule has 2 heterocycles. The van der Waals surface area contributed by atoms with Crippen LogP contribution in [0, 0.1) is 5.82 Å². The van der Waals surface area contributed by atoms with Crippen molar-refractivity contribution in [2.75, 3.05) is 13.2 Å². The summed E-state index contributed by atoms with van der Waals surface area (Å²) in [5, 5.41) is 9.81. The summed E-state index contributed by atoms with van der Waals surface area (Å²) >= 11 is 5.57. The number of ether oxygens (including phenoxy) is 3. The number of aromatic nitrogens is 2. The Hall–Kier alpha value is -2.44. The van der Waals surface area contributed by atoms with E-state index in [1.165, 1.54) is 12.1 Å². The summed E-state index contributed by atoms with van der Waals surface area (Å²) in [6.07, 6.45) is -4.50. The van der Waals surface area contributed by atoms with Crippen LogP contribution in [0.2, 0.25) is 5.02 Å². The van der Waals surface area contributed by atoms with Gasteiger partial charge < -0.3 is 19.2 Å². The van der Waals surface area contributed by atoms with E-state index in [0.717, 1.165) is 6.07 Å². The van der Waals surface area contributed by atoms with E-state index < -0.39 is 30.8 Å². The molecule has 8 nitrogen and oxygen atoms in total. The van der Waals surface area contributed by atoms with Crippen LogP contribution >= 0.6 is 11.6 Å². The lowest BCUT2D eigenvalue weighted by Crippen LogP contribution is -2.43. The molecule has 1 amide bonds. The molecule has 1 aromatic carbocycles. The Morgan fingerprint density at radius 2 is 2.10 bits per heavy atom. The number of hydrogen-bond donors (Lipinski definition) is 1. The zero-order chi connectivity index (χ0) is 21.7. The zero-order valence-corrected chi connectivity index (χ0v) is 16.0. The Labute approximate surface area is 172 Å². The monoisotopic (exact) mass is 453 g/mol. The average molecular weight is 454 g/mol. The molecule has 0 radical (unpaired) electrons. The summed E-state index contributed by atoms with van der Waals surface area (Å²) in [7, 11) is 0. The Bertz CT molecular complexity index is 871. The number of halogens is 5. The number of alkyl halides is 3. The van der Waals surface area contributed by atoms with E-state index in [-0.39, 0.29) is 41.8 Å². The van der Waals surface area contributed by atoms with E-state index in [4.69, 9.17) is 25.5 Å². The first kappa shape index (κ1) is 22.2. The molecule has 0 unspecified atom stereocenters. The third-order valence-corrected chi connectivity index (χ3v) is 4.33. The third kappa shape index (κ3) is 6.54. The number of amides is 1. The number of nitrogens with one attached hydrogen (secondary N) is 1. The van der Waals surface area contributed by atoms with Gasteiger partial charge in [0, 0.05) is 6.07 Å². The average Bonchev–Trinajstić information content (AvgIpc) is 3.16. The summed E-state index contributed by atoms with van der Waals surface area (Å²) in [6, 6.07) is 3.51. The fourth-order valence-corrected chi connectivity index (χ4v) is 2.76. The topological polar surface area (TPSA) is 95.7 Å². The Kier molecular flexibility index (Phi) is 7.10. The smallest absolute Gasteiger partial charge is 0.484 e. The Morgan fingerprint density at radius 1 is 1.30 bits per heavy atom. The fourth-order valence-electron chi connectivity index (χ4n) is 2.64. The van der Waals surface area contributed by atoms with Gasteiger partial charge in [-0.1, -0.05) is 11.6 Å². The molecular formula is C17H16ClF4N3O5. The normalized spacial score (nSPS) is 19.5. The van der Waals surface area contributed by atoms with Crippen molar-refractivity contribution in [3.63, 3.8) is 0 Å². The van der Waals surface area contributed by atoms with Gasteiger partial charge in [0.25, 0.3) is 5.91 Å². The third-order valence-electron chi connectivity index (χ3n) is 4.02. The Morgan fingerprint density at radius 3 is 2.77 bits per heavy atom. The molecule has 30 heavy (non-hydrogen) atoms. The molecular weight excluding hydrogens is 438 g/mol. The van der Waals surface area contributed by atoms with Crippen LogP contribution in [0.5, 0.6) is 5.75 Å². The second kappa shape index (κ2) is 9.58. The molecule has 1 aliphatic heterocycles. The SMILES string of the molecule is O=C(COc1ccc(Cl)c(F)c1)N[C@H]1CC[C@H](c2nnc(COC(F)(F)F)o2)OC1. The van der Waals surface area contributed by atoms with Gasteiger partial charge in [0.15, 0.2) is 6.61 Å².